The normalized spacial score (nSPS) is 22.7. The molecule has 148 valence electrons. The standard InChI is InChI=1S/C20H31N5O2/c1-20(9-6-12-27-20)15-23-18(21-2)22-14-16-7-5-8-17(13-16)24-19(26)25-10-3-4-11-25/h5,7-8,13H,3-4,6,9-12,14-15H2,1-2H3,(H,24,26)(H2,21,22,23). The van der Waals surface area contributed by atoms with Gasteiger partial charge in [0.1, 0.15) is 0 Å². The zero-order valence-electron chi connectivity index (χ0n) is 16.4. The molecule has 2 heterocycles. The number of anilines is 1. The van der Waals surface area contributed by atoms with Crippen LogP contribution in [0.25, 0.3) is 0 Å². The van der Waals surface area contributed by atoms with Gasteiger partial charge in [0.25, 0.3) is 0 Å². The van der Waals surface area contributed by atoms with Crippen LogP contribution in [0.1, 0.15) is 38.2 Å². The van der Waals surface area contributed by atoms with Gasteiger partial charge in [0.15, 0.2) is 5.96 Å². The van der Waals surface area contributed by atoms with Crippen molar-refractivity contribution in [3.05, 3.63) is 29.8 Å². The van der Waals surface area contributed by atoms with Crippen LogP contribution in [0.3, 0.4) is 0 Å². The van der Waals surface area contributed by atoms with E-state index in [4.69, 9.17) is 4.74 Å². The lowest BCUT2D eigenvalue weighted by molar-refractivity contribution is 0.0243. The molecule has 1 aromatic rings. The van der Waals surface area contributed by atoms with E-state index in [1.54, 1.807) is 7.05 Å². The number of hydrogen-bond donors (Lipinski definition) is 3. The molecule has 0 aliphatic carbocycles. The minimum atomic E-state index is -0.114. The first-order chi connectivity index (χ1) is 13.1. The number of ether oxygens (including phenoxy) is 1. The number of likely N-dealkylation sites (tertiary alicyclic amines) is 1. The summed E-state index contributed by atoms with van der Waals surface area (Å²) in [5.74, 6) is 0.748. The summed E-state index contributed by atoms with van der Waals surface area (Å²) in [5.41, 5.74) is 1.79. The fraction of sp³-hybridized carbons (Fsp3) is 0.600. The van der Waals surface area contributed by atoms with Crippen LogP contribution in [0.5, 0.6) is 0 Å². The molecule has 2 aliphatic heterocycles. The van der Waals surface area contributed by atoms with E-state index in [2.05, 4.69) is 27.9 Å². The highest BCUT2D eigenvalue weighted by atomic mass is 16.5. The molecule has 7 nitrogen and oxygen atoms in total. The molecule has 27 heavy (non-hydrogen) atoms. The van der Waals surface area contributed by atoms with Crippen LogP contribution in [-0.2, 0) is 11.3 Å². The lowest BCUT2D eigenvalue weighted by Crippen LogP contribution is -2.45. The number of hydrogen-bond acceptors (Lipinski definition) is 3. The highest BCUT2D eigenvalue weighted by molar-refractivity contribution is 5.89. The van der Waals surface area contributed by atoms with Crippen molar-refractivity contribution in [1.82, 2.24) is 15.5 Å². The van der Waals surface area contributed by atoms with E-state index in [1.165, 1.54) is 0 Å². The molecule has 3 N–H and O–H groups in total. The summed E-state index contributed by atoms with van der Waals surface area (Å²) in [6.07, 6.45) is 4.36. The maximum Gasteiger partial charge on any atom is 0.321 e. The third kappa shape index (κ3) is 5.60. The first-order valence-electron chi connectivity index (χ1n) is 9.81. The van der Waals surface area contributed by atoms with Crippen molar-refractivity contribution in [2.75, 3.05) is 38.6 Å². The smallest absolute Gasteiger partial charge is 0.321 e. The van der Waals surface area contributed by atoms with Gasteiger partial charge >= 0.3 is 6.03 Å². The molecule has 2 amide bonds. The van der Waals surface area contributed by atoms with Crippen molar-refractivity contribution in [1.29, 1.82) is 0 Å². The van der Waals surface area contributed by atoms with Gasteiger partial charge in [0, 0.05) is 45.5 Å². The number of guanidine groups is 1. The van der Waals surface area contributed by atoms with E-state index in [-0.39, 0.29) is 11.6 Å². The molecular weight excluding hydrogens is 342 g/mol. The number of nitrogens with zero attached hydrogens (tertiary/aromatic N) is 2. The maximum atomic E-state index is 12.2. The Hall–Kier alpha value is -2.28. The van der Waals surface area contributed by atoms with Crippen LogP contribution in [-0.4, -0.2) is 55.8 Å². The number of amides is 2. The molecule has 2 saturated heterocycles. The third-order valence-corrected chi connectivity index (χ3v) is 5.19. The Morgan fingerprint density at radius 3 is 2.78 bits per heavy atom. The van der Waals surface area contributed by atoms with E-state index in [1.807, 2.05) is 29.2 Å². The molecule has 3 rings (SSSR count). The van der Waals surface area contributed by atoms with E-state index < -0.39 is 0 Å². The van der Waals surface area contributed by atoms with Crippen molar-refractivity contribution in [2.45, 2.75) is 44.8 Å². The summed E-state index contributed by atoms with van der Waals surface area (Å²) in [6, 6.07) is 7.89. The Labute approximate surface area is 161 Å². The van der Waals surface area contributed by atoms with Gasteiger partial charge in [-0.3, -0.25) is 4.99 Å². The van der Waals surface area contributed by atoms with Crippen molar-refractivity contribution in [3.63, 3.8) is 0 Å². The van der Waals surface area contributed by atoms with Gasteiger partial charge in [-0.1, -0.05) is 12.1 Å². The number of aliphatic imine (C=N–C) groups is 1. The minimum Gasteiger partial charge on any atom is -0.373 e. The molecule has 2 aliphatic rings. The summed E-state index contributed by atoms with van der Waals surface area (Å²) in [4.78, 5) is 18.4. The van der Waals surface area contributed by atoms with E-state index in [0.717, 1.165) is 69.1 Å². The zero-order valence-corrected chi connectivity index (χ0v) is 16.4. The predicted octanol–water partition coefficient (Wildman–Crippen LogP) is 2.55. The summed E-state index contributed by atoms with van der Waals surface area (Å²) in [6.45, 7) is 6.02. The third-order valence-electron chi connectivity index (χ3n) is 5.19. The Kier molecular flexibility index (Phi) is 6.55. The van der Waals surface area contributed by atoms with Gasteiger partial charge in [-0.15, -0.1) is 0 Å². The molecule has 2 fully saturated rings. The average molecular weight is 374 g/mol. The largest absolute Gasteiger partial charge is 0.373 e. The van der Waals surface area contributed by atoms with Crippen LogP contribution in [0.15, 0.2) is 29.3 Å². The first kappa shape index (κ1) is 19.5. The lowest BCUT2D eigenvalue weighted by atomic mass is 10.0. The van der Waals surface area contributed by atoms with Gasteiger partial charge in [-0.2, -0.15) is 0 Å². The first-order valence-corrected chi connectivity index (χ1v) is 9.81. The van der Waals surface area contributed by atoms with Gasteiger partial charge in [-0.25, -0.2) is 4.79 Å². The van der Waals surface area contributed by atoms with Crippen molar-refractivity contribution in [3.8, 4) is 0 Å². The molecule has 0 bridgehead atoms. The maximum absolute atomic E-state index is 12.2. The lowest BCUT2D eigenvalue weighted by Gasteiger charge is -2.24. The number of nitrogens with one attached hydrogen (secondary N) is 3. The topological polar surface area (TPSA) is 78.0 Å². The monoisotopic (exact) mass is 373 g/mol. The summed E-state index contributed by atoms with van der Waals surface area (Å²) in [5, 5.41) is 9.66. The summed E-state index contributed by atoms with van der Waals surface area (Å²) < 4.78 is 5.80. The summed E-state index contributed by atoms with van der Waals surface area (Å²) in [7, 11) is 1.76. The van der Waals surface area contributed by atoms with Crippen LogP contribution < -0.4 is 16.0 Å². The number of benzene rings is 1. The molecule has 1 aromatic carbocycles. The Balaban J connectivity index is 1.48. The van der Waals surface area contributed by atoms with Gasteiger partial charge in [-0.05, 0) is 50.3 Å². The van der Waals surface area contributed by atoms with Crippen molar-refractivity contribution in [2.24, 2.45) is 4.99 Å². The predicted molar refractivity (Wildman–Crippen MR) is 108 cm³/mol. The second kappa shape index (κ2) is 9.08. The van der Waals surface area contributed by atoms with E-state index in [0.29, 0.717) is 6.54 Å². The van der Waals surface area contributed by atoms with Gasteiger partial charge in [0.05, 0.1) is 5.60 Å². The fourth-order valence-corrected chi connectivity index (χ4v) is 3.54. The van der Waals surface area contributed by atoms with Gasteiger partial charge in [0.2, 0.25) is 0 Å². The Morgan fingerprint density at radius 2 is 2.07 bits per heavy atom. The molecule has 1 unspecified atom stereocenters. The number of carbonyl (C=O) groups excluding carboxylic acids is 1. The quantitative estimate of drug-likeness (QED) is 0.548. The number of urea groups is 1. The molecule has 0 aromatic heterocycles. The number of rotatable bonds is 5. The Morgan fingerprint density at radius 1 is 1.26 bits per heavy atom. The van der Waals surface area contributed by atoms with Crippen molar-refractivity contribution < 1.29 is 9.53 Å². The van der Waals surface area contributed by atoms with Crippen LogP contribution >= 0.6 is 0 Å². The molecule has 0 spiro atoms. The fourth-order valence-electron chi connectivity index (χ4n) is 3.54. The SMILES string of the molecule is CN=C(NCc1cccc(NC(=O)N2CCCC2)c1)NCC1(C)CCCO1. The van der Waals surface area contributed by atoms with Crippen molar-refractivity contribution >= 4 is 17.7 Å². The molecule has 7 heteroatoms. The highest BCUT2D eigenvalue weighted by Gasteiger charge is 2.29. The second-order valence-electron chi connectivity index (χ2n) is 7.51. The molecule has 1 atom stereocenters. The molecular formula is C20H31N5O2. The van der Waals surface area contributed by atoms with Crippen LogP contribution in [0, 0.1) is 0 Å². The highest BCUT2D eigenvalue weighted by Crippen LogP contribution is 2.23. The van der Waals surface area contributed by atoms with Gasteiger partial charge < -0.3 is 25.6 Å². The Bertz CT molecular complexity index is 664. The molecule has 0 saturated carbocycles. The van der Waals surface area contributed by atoms with Crippen LogP contribution in [0.4, 0.5) is 10.5 Å². The summed E-state index contributed by atoms with van der Waals surface area (Å²) >= 11 is 0. The van der Waals surface area contributed by atoms with E-state index >= 15 is 0 Å². The average Bonchev–Trinajstić information content (AvgIpc) is 3.34. The zero-order chi connectivity index (χ0) is 19.1. The second-order valence-corrected chi connectivity index (χ2v) is 7.51. The van der Waals surface area contributed by atoms with Crippen LogP contribution in [0.2, 0.25) is 0 Å². The molecule has 0 radical (unpaired) electrons. The van der Waals surface area contributed by atoms with E-state index in [9.17, 15) is 4.79 Å². The minimum absolute atomic E-state index is 0.0140. The number of carbonyl (C=O) groups is 1.